The van der Waals surface area contributed by atoms with Gasteiger partial charge in [0.15, 0.2) is 0 Å². The Kier molecular flexibility index (Phi) is 4.98. The number of nitrogens with zero attached hydrogens (tertiary/aromatic N) is 2. The zero-order valence-electron chi connectivity index (χ0n) is 12.5. The van der Waals surface area contributed by atoms with Crippen LogP contribution in [0.2, 0.25) is 0 Å². The van der Waals surface area contributed by atoms with Crippen molar-refractivity contribution in [3.05, 3.63) is 54.3 Å². The molecule has 2 heterocycles. The van der Waals surface area contributed by atoms with E-state index in [4.69, 9.17) is 4.42 Å². The molecule has 0 aromatic carbocycles. The van der Waals surface area contributed by atoms with Gasteiger partial charge in [0, 0.05) is 18.7 Å². The van der Waals surface area contributed by atoms with Gasteiger partial charge in [-0.3, -0.25) is 9.48 Å². The van der Waals surface area contributed by atoms with Crippen LogP contribution < -0.4 is 5.32 Å². The minimum atomic E-state index is -0.138. The molecule has 2 rings (SSSR count). The lowest BCUT2D eigenvalue weighted by Gasteiger charge is -2.18. The molecular weight excluding hydrogens is 266 g/mol. The van der Waals surface area contributed by atoms with Gasteiger partial charge in [-0.05, 0) is 38.5 Å². The highest BCUT2D eigenvalue weighted by molar-refractivity contribution is 5.76. The van der Waals surface area contributed by atoms with Gasteiger partial charge in [-0.25, -0.2) is 0 Å². The second-order valence-corrected chi connectivity index (χ2v) is 5.03. The number of hydrogen-bond acceptors (Lipinski definition) is 3. The predicted molar refractivity (Wildman–Crippen MR) is 81.0 cm³/mol. The first-order valence-corrected chi connectivity index (χ1v) is 7.05. The van der Waals surface area contributed by atoms with Crippen molar-refractivity contribution in [3.8, 4) is 0 Å². The summed E-state index contributed by atoms with van der Waals surface area (Å²) in [5.41, 5.74) is 1.98. The molecule has 0 aliphatic rings. The first kappa shape index (κ1) is 15.1. The standard InChI is InChI=1S/C16H21N3O2/c1-4-5-8-16(20)17-11-14(15-7-6-9-21-15)19-13(3)10-12(2)18-19/h4,6-7,9-10,14H,1,5,8,11H2,2-3H3,(H,17,20). The highest BCUT2D eigenvalue weighted by atomic mass is 16.3. The Balaban J connectivity index is 2.12. The quantitative estimate of drug-likeness (QED) is 0.797. The molecule has 0 bridgehead atoms. The van der Waals surface area contributed by atoms with E-state index in [1.165, 1.54) is 0 Å². The summed E-state index contributed by atoms with van der Waals surface area (Å²) >= 11 is 0. The summed E-state index contributed by atoms with van der Waals surface area (Å²) in [5, 5.41) is 7.43. The molecule has 5 heteroatoms. The van der Waals surface area contributed by atoms with Crippen LogP contribution in [0.25, 0.3) is 0 Å². The van der Waals surface area contributed by atoms with Crippen LogP contribution in [-0.4, -0.2) is 22.2 Å². The van der Waals surface area contributed by atoms with Crippen LogP contribution in [0.5, 0.6) is 0 Å². The third-order valence-electron chi connectivity index (χ3n) is 3.28. The fourth-order valence-electron chi connectivity index (χ4n) is 2.28. The van der Waals surface area contributed by atoms with Crippen molar-refractivity contribution in [1.29, 1.82) is 0 Å². The average Bonchev–Trinajstić information content (AvgIpc) is 3.07. The number of nitrogens with one attached hydrogen (secondary N) is 1. The summed E-state index contributed by atoms with van der Waals surface area (Å²) in [6.07, 6.45) is 4.50. The Morgan fingerprint density at radius 3 is 2.95 bits per heavy atom. The molecule has 1 atom stereocenters. The van der Waals surface area contributed by atoms with E-state index in [9.17, 15) is 4.79 Å². The molecule has 1 unspecified atom stereocenters. The number of allylic oxidation sites excluding steroid dienone is 1. The SMILES string of the molecule is C=CCCC(=O)NCC(c1ccco1)n1nc(C)cc1C. The van der Waals surface area contributed by atoms with Crippen LogP contribution >= 0.6 is 0 Å². The topological polar surface area (TPSA) is 60.1 Å². The first-order valence-electron chi connectivity index (χ1n) is 7.05. The van der Waals surface area contributed by atoms with E-state index in [2.05, 4.69) is 17.0 Å². The number of rotatable bonds is 7. The van der Waals surface area contributed by atoms with E-state index in [1.807, 2.05) is 36.7 Å². The van der Waals surface area contributed by atoms with E-state index in [1.54, 1.807) is 12.3 Å². The van der Waals surface area contributed by atoms with Crippen LogP contribution in [0.1, 0.15) is 36.0 Å². The normalized spacial score (nSPS) is 12.1. The van der Waals surface area contributed by atoms with E-state index >= 15 is 0 Å². The second kappa shape index (κ2) is 6.92. The molecule has 0 saturated carbocycles. The molecule has 21 heavy (non-hydrogen) atoms. The van der Waals surface area contributed by atoms with Gasteiger partial charge < -0.3 is 9.73 Å². The average molecular weight is 287 g/mol. The third-order valence-corrected chi connectivity index (χ3v) is 3.28. The summed E-state index contributed by atoms with van der Waals surface area (Å²) in [5.74, 6) is 0.790. The molecule has 2 aromatic heterocycles. The molecule has 1 N–H and O–H groups in total. The maximum Gasteiger partial charge on any atom is 0.220 e. The molecule has 0 spiro atoms. The fraction of sp³-hybridized carbons (Fsp3) is 0.375. The zero-order valence-corrected chi connectivity index (χ0v) is 12.5. The summed E-state index contributed by atoms with van der Waals surface area (Å²) in [6, 6.07) is 5.61. The molecular formula is C16H21N3O2. The van der Waals surface area contributed by atoms with Crippen LogP contribution in [0.15, 0.2) is 41.5 Å². The highest BCUT2D eigenvalue weighted by Crippen LogP contribution is 2.20. The van der Waals surface area contributed by atoms with Gasteiger partial charge in [-0.1, -0.05) is 6.08 Å². The summed E-state index contributed by atoms with van der Waals surface area (Å²) in [7, 11) is 0. The van der Waals surface area contributed by atoms with Gasteiger partial charge in [0.2, 0.25) is 5.91 Å². The number of hydrogen-bond donors (Lipinski definition) is 1. The minimum absolute atomic E-state index is 0.00740. The maximum absolute atomic E-state index is 11.8. The fourth-order valence-corrected chi connectivity index (χ4v) is 2.28. The van der Waals surface area contributed by atoms with Gasteiger partial charge >= 0.3 is 0 Å². The molecule has 0 aliphatic heterocycles. The summed E-state index contributed by atoms with van der Waals surface area (Å²) < 4.78 is 7.39. The predicted octanol–water partition coefficient (Wildman–Crippen LogP) is 2.76. The lowest BCUT2D eigenvalue weighted by molar-refractivity contribution is -0.121. The first-order chi connectivity index (χ1) is 10.1. The van der Waals surface area contributed by atoms with Crippen molar-refractivity contribution in [2.75, 3.05) is 6.54 Å². The molecule has 5 nitrogen and oxygen atoms in total. The molecule has 0 saturated heterocycles. The number of amides is 1. The number of aryl methyl sites for hydroxylation is 2. The number of carbonyl (C=O) groups is 1. The monoisotopic (exact) mass is 287 g/mol. The third kappa shape index (κ3) is 3.84. The largest absolute Gasteiger partial charge is 0.467 e. The molecule has 2 aromatic rings. The Bertz CT molecular complexity index is 599. The van der Waals surface area contributed by atoms with Gasteiger partial charge in [-0.15, -0.1) is 6.58 Å². The van der Waals surface area contributed by atoms with Gasteiger partial charge in [0.25, 0.3) is 0 Å². The van der Waals surface area contributed by atoms with Gasteiger partial charge in [0.1, 0.15) is 11.8 Å². The summed E-state index contributed by atoms with van der Waals surface area (Å²) in [4.78, 5) is 11.8. The van der Waals surface area contributed by atoms with E-state index < -0.39 is 0 Å². The molecule has 0 aliphatic carbocycles. The number of carbonyl (C=O) groups excluding carboxylic acids is 1. The van der Waals surface area contributed by atoms with Crippen molar-refractivity contribution < 1.29 is 9.21 Å². The van der Waals surface area contributed by atoms with E-state index in [-0.39, 0.29) is 11.9 Å². The van der Waals surface area contributed by atoms with Gasteiger partial charge in [0.05, 0.1) is 12.0 Å². The van der Waals surface area contributed by atoms with Crippen LogP contribution in [0.4, 0.5) is 0 Å². The molecule has 0 fully saturated rings. The summed E-state index contributed by atoms with van der Waals surface area (Å²) in [6.45, 7) is 8.02. The van der Waals surface area contributed by atoms with Crippen molar-refractivity contribution >= 4 is 5.91 Å². The Morgan fingerprint density at radius 1 is 1.57 bits per heavy atom. The second-order valence-electron chi connectivity index (χ2n) is 5.03. The van der Waals surface area contributed by atoms with Crippen molar-refractivity contribution in [1.82, 2.24) is 15.1 Å². The van der Waals surface area contributed by atoms with Gasteiger partial charge in [-0.2, -0.15) is 5.10 Å². The highest BCUT2D eigenvalue weighted by Gasteiger charge is 2.20. The van der Waals surface area contributed by atoms with Crippen LogP contribution in [0.3, 0.4) is 0 Å². The number of aromatic nitrogens is 2. The Hall–Kier alpha value is -2.30. The smallest absolute Gasteiger partial charge is 0.220 e. The van der Waals surface area contributed by atoms with Crippen LogP contribution in [0, 0.1) is 13.8 Å². The molecule has 112 valence electrons. The lowest BCUT2D eigenvalue weighted by Crippen LogP contribution is -2.31. The number of furan rings is 1. The minimum Gasteiger partial charge on any atom is -0.467 e. The molecule has 1 amide bonds. The lowest BCUT2D eigenvalue weighted by atomic mass is 10.2. The van der Waals surface area contributed by atoms with Crippen molar-refractivity contribution in [2.45, 2.75) is 32.7 Å². The van der Waals surface area contributed by atoms with E-state index in [0.29, 0.717) is 19.4 Å². The van der Waals surface area contributed by atoms with Crippen molar-refractivity contribution in [2.24, 2.45) is 0 Å². The van der Waals surface area contributed by atoms with Crippen LogP contribution in [-0.2, 0) is 4.79 Å². The zero-order chi connectivity index (χ0) is 15.2. The maximum atomic E-state index is 11.8. The Morgan fingerprint density at radius 2 is 2.38 bits per heavy atom. The Labute approximate surface area is 124 Å². The van der Waals surface area contributed by atoms with E-state index in [0.717, 1.165) is 17.1 Å². The molecule has 0 radical (unpaired) electrons. The van der Waals surface area contributed by atoms with Crippen molar-refractivity contribution in [3.63, 3.8) is 0 Å².